The molecule has 1 aromatic carbocycles. The first-order chi connectivity index (χ1) is 8.61. The molecule has 1 amide bonds. The number of aliphatic hydroxyl groups excluding tert-OH is 1. The number of hydrogen-bond acceptors (Lipinski definition) is 3. The van der Waals surface area contributed by atoms with E-state index in [0.29, 0.717) is 10.5 Å². The van der Waals surface area contributed by atoms with Gasteiger partial charge in [0.15, 0.2) is 0 Å². The fraction of sp³-hybridized carbons (Fsp3) is 0.231. The monoisotopic (exact) mass is 264 g/mol. The second kappa shape index (κ2) is 5.33. The number of aliphatic hydroxyl groups is 1. The van der Waals surface area contributed by atoms with Crippen LogP contribution in [0.3, 0.4) is 0 Å². The molecule has 5 heteroatoms. The van der Waals surface area contributed by atoms with E-state index in [2.05, 4.69) is 10.3 Å². The maximum atomic E-state index is 11.9. The molecule has 0 aliphatic heterocycles. The Morgan fingerprint density at radius 3 is 2.94 bits per heavy atom. The van der Waals surface area contributed by atoms with E-state index < -0.39 is 0 Å². The van der Waals surface area contributed by atoms with Gasteiger partial charge < -0.3 is 10.4 Å². The zero-order valence-corrected chi connectivity index (χ0v) is 10.6. The van der Waals surface area contributed by atoms with Gasteiger partial charge >= 0.3 is 0 Å². The number of nitrogens with one attached hydrogen (secondary N) is 1. The molecule has 1 atom stereocenters. The Hall–Kier alpha value is -1.65. The number of rotatable bonds is 3. The predicted octanol–water partition coefficient (Wildman–Crippen LogP) is 2.00. The van der Waals surface area contributed by atoms with Crippen molar-refractivity contribution in [3.63, 3.8) is 0 Å². The topological polar surface area (TPSA) is 62.2 Å². The van der Waals surface area contributed by atoms with Gasteiger partial charge in [-0.05, 0) is 19.1 Å². The van der Waals surface area contributed by atoms with Crippen LogP contribution in [0.25, 0.3) is 10.9 Å². The van der Waals surface area contributed by atoms with Crippen LogP contribution in [0, 0.1) is 0 Å². The third-order valence-electron chi connectivity index (χ3n) is 2.55. The third kappa shape index (κ3) is 2.60. The van der Waals surface area contributed by atoms with E-state index in [9.17, 15) is 4.79 Å². The van der Waals surface area contributed by atoms with Gasteiger partial charge in [0.05, 0.1) is 17.1 Å². The Morgan fingerprint density at radius 1 is 1.50 bits per heavy atom. The largest absolute Gasteiger partial charge is 0.394 e. The number of amides is 1. The van der Waals surface area contributed by atoms with E-state index in [1.54, 1.807) is 13.0 Å². The van der Waals surface area contributed by atoms with E-state index in [-0.39, 0.29) is 24.2 Å². The van der Waals surface area contributed by atoms with E-state index in [0.717, 1.165) is 5.39 Å². The Kier molecular flexibility index (Phi) is 3.79. The van der Waals surface area contributed by atoms with Crippen LogP contribution in [0.1, 0.15) is 17.4 Å². The van der Waals surface area contributed by atoms with Crippen LogP contribution in [-0.4, -0.2) is 28.6 Å². The SMILES string of the molecule is C[C@@H](CO)NC(=O)c1cc(Cl)c2ccccc2n1. The first-order valence-electron chi connectivity index (χ1n) is 5.59. The fourth-order valence-corrected chi connectivity index (χ4v) is 1.86. The molecule has 0 aliphatic carbocycles. The number of halogens is 1. The molecule has 0 bridgehead atoms. The second-order valence-electron chi connectivity index (χ2n) is 4.06. The van der Waals surface area contributed by atoms with Gasteiger partial charge in [-0.3, -0.25) is 4.79 Å². The van der Waals surface area contributed by atoms with Gasteiger partial charge in [0.25, 0.3) is 5.91 Å². The highest BCUT2D eigenvalue weighted by Gasteiger charge is 2.12. The standard InChI is InChI=1S/C13H13ClN2O2/c1-8(7-17)15-13(18)12-6-10(14)9-4-2-3-5-11(9)16-12/h2-6,8,17H,7H2,1H3,(H,15,18)/t8-/m0/s1. The molecule has 0 radical (unpaired) electrons. The normalized spacial score (nSPS) is 12.4. The summed E-state index contributed by atoms with van der Waals surface area (Å²) in [4.78, 5) is 16.1. The molecule has 18 heavy (non-hydrogen) atoms. The van der Waals surface area contributed by atoms with E-state index >= 15 is 0 Å². The summed E-state index contributed by atoms with van der Waals surface area (Å²) in [6, 6.07) is 8.57. The molecule has 0 unspecified atom stereocenters. The van der Waals surface area contributed by atoms with Crippen molar-refractivity contribution < 1.29 is 9.90 Å². The summed E-state index contributed by atoms with van der Waals surface area (Å²) in [5, 5.41) is 12.8. The van der Waals surface area contributed by atoms with E-state index in [1.165, 1.54) is 6.07 Å². The predicted molar refractivity (Wildman–Crippen MR) is 70.8 cm³/mol. The zero-order valence-electron chi connectivity index (χ0n) is 9.85. The number of para-hydroxylation sites is 1. The van der Waals surface area contributed by atoms with Gasteiger partial charge in [-0.15, -0.1) is 0 Å². The summed E-state index contributed by atoms with van der Waals surface area (Å²) in [6.45, 7) is 1.59. The van der Waals surface area contributed by atoms with Crippen molar-refractivity contribution in [1.82, 2.24) is 10.3 Å². The van der Waals surface area contributed by atoms with Gasteiger partial charge in [-0.25, -0.2) is 4.98 Å². The number of carbonyl (C=O) groups is 1. The molecule has 0 spiro atoms. The molecular weight excluding hydrogens is 252 g/mol. The highest BCUT2D eigenvalue weighted by atomic mass is 35.5. The Balaban J connectivity index is 2.37. The van der Waals surface area contributed by atoms with Crippen LogP contribution in [0.15, 0.2) is 30.3 Å². The van der Waals surface area contributed by atoms with E-state index in [1.807, 2.05) is 18.2 Å². The van der Waals surface area contributed by atoms with Gasteiger partial charge in [-0.2, -0.15) is 0 Å². The first kappa shape index (κ1) is 12.8. The lowest BCUT2D eigenvalue weighted by atomic mass is 10.2. The maximum Gasteiger partial charge on any atom is 0.270 e. The highest BCUT2D eigenvalue weighted by Crippen LogP contribution is 2.22. The fourth-order valence-electron chi connectivity index (χ4n) is 1.59. The molecule has 4 nitrogen and oxygen atoms in total. The number of carbonyl (C=O) groups excluding carboxylic acids is 1. The number of benzene rings is 1. The van der Waals surface area contributed by atoms with E-state index in [4.69, 9.17) is 16.7 Å². The van der Waals surface area contributed by atoms with Crippen molar-refractivity contribution in [1.29, 1.82) is 0 Å². The quantitative estimate of drug-likeness (QED) is 0.891. The summed E-state index contributed by atoms with van der Waals surface area (Å²) in [5.41, 5.74) is 0.922. The maximum absolute atomic E-state index is 11.9. The van der Waals surface area contributed by atoms with Crippen LogP contribution < -0.4 is 5.32 Å². The Morgan fingerprint density at radius 2 is 2.22 bits per heavy atom. The summed E-state index contributed by atoms with van der Waals surface area (Å²) in [5.74, 6) is -0.343. The smallest absolute Gasteiger partial charge is 0.270 e. The molecule has 1 aromatic heterocycles. The minimum atomic E-state index is -0.343. The molecule has 0 saturated heterocycles. The average Bonchev–Trinajstić information content (AvgIpc) is 2.38. The molecule has 0 saturated carbocycles. The van der Waals surface area contributed by atoms with Crippen LogP contribution in [0.4, 0.5) is 0 Å². The summed E-state index contributed by atoms with van der Waals surface area (Å²) >= 11 is 6.11. The molecule has 1 heterocycles. The summed E-state index contributed by atoms with van der Waals surface area (Å²) in [7, 11) is 0. The van der Waals surface area contributed by atoms with Crippen molar-refractivity contribution in [2.45, 2.75) is 13.0 Å². The average molecular weight is 265 g/mol. The molecule has 2 aromatic rings. The molecule has 0 fully saturated rings. The molecular formula is C13H13ClN2O2. The molecule has 0 aliphatic rings. The van der Waals surface area contributed by atoms with Crippen LogP contribution >= 0.6 is 11.6 Å². The Bertz CT molecular complexity index is 586. The Labute approximate surface area is 110 Å². The second-order valence-corrected chi connectivity index (χ2v) is 4.47. The minimum Gasteiger partial charge on any atom is -0.394 e. The lowest BCUT2D eigenvalue weighted by Gasteiger charge is -2.11. The van der Waals surface area contributed by atoms with Crippen molar-refractivity contribution in [3.8, 4) is 0 Å². The number of fused-ring (bicyclic) bond motifs is 1. The molecule has 2 rings (SSSR count). The van der Waals surface area contributed by atoms with Gasteiger partial charge in [0, 0.05) is 11.4 Å². The van der Waals surface area contributed by atoms with Crippen LogP contribution in [-0.2, 0) is 0 Å². The molecule has 94 valence electrons. The molecule has 2 N–H and O–H groups in total. The minimum absolute atomic E-state index is 0.118. The first-order valence-corrected chi connectivity index (χ1v) is 5.96. The van der Waals surface area contributed by atoms with Crippen molar-refractivity contribution >= 4 is 28.4 Å². The summed E-state index contributed by atoms with van der Waals surface area (Å²) < 4.78 is 0. The summed E-state index contributed by atoms with van der Waals surface area (Å²) in [6.07, 6.45) is 0. The lowest BCUT2D eigenvalue weighted by molar-refractivity contribution is 0.0917. The van der Waals surface area contributed by atoms with Gasteiger partial charge in [-0.1, -0.05) is 29.8 Å². The van der Waals surface area contributed by atoms with Crippen molar-refractivity contribution in [3.05, 3.63) is 41.0 Å². The number of hydrogen-bond donors (Lipinski definition) is 2. The zero-order chi connectivity index (χ0) is 13.1. The lowest BCUT2D eigenvalue weighted by Crippen LogP contribution is -2.35. The van der Waals surface area contributed by atoms with Crippen molar-refractivity contribution in [2.75, 3.05) is 6.61 Å². The number of pyridine rings is 1. The third-order valence-corrected chi connectivity index (χ3v) is 2.86. The van der Waals surface area contributed by atoms with Crippen LogP contribution in [0.5, 0.6) is 0 Å². The van der Waals surface area contributed by atoms with Crippen molar-refractivity contribution in [2.24, 2.45) is 0 Å². The number of nitrogens with zero attached hydrogens (tertiary/aromatic N) is 1. The number of aromatic nitrogens is 1. The van der Waals surface area contributed by atoms with Crippen LogP contribution in [0.2, 0.25) is 5.02 Å². The van der Waals surface area contributed by atoms with Gasteiger partial charge in [0.2, 0.25) is 0 Å². The van der Waals surface area contributed by atoms with Gasteiger partial charge in [0.1, 0.15) is 5.69 Å². The highest BCUT2D eigenvalue weighted by molar-refractivity contribution is 6.35.